The topological polar surface area (TPSA) is 25.8 Å². The van der Waals surface area contributed by atoms with Crippen LogP contribution in [0.25, 0.3) is 88.8 Å². The fraction of sp³-hybridized carbons (Fsp3) is 0.111. The van der Waals surface area contributed by atoms with E-state index in [0.717, 1.165) is 39.3 Å². The molecule has 2 aliphatic rings. The largest absolute Gasteiger partial charge is 0.228 e. The summed E-state index contributed by atoms with van der Waals surface area (Å²) in [6, 6.07) is 62.0. The molecule has 2 nitrogen and oxygen atoms in total. The van der Waals surface area contributed by atoms with Crippen molar-refractivity contribution in [3.05, 3.63) is 192 Å². The molecule has 0 spiro atoms. The van der Waals surface area contributed by atoms with Crippen molar-refractivity contribution >= 4 is 21.5 Å². The molecule has 56 heavy (non-hydrogen) atoms. The van der Waals surface area contributed by atoms with Crippen molar-refractivity contribution in [2.75, 3.05) is 0 Å². The quantitative estimate of drug-likeness (QED) is 0.181. The van der Waals surface area contributed by atoms with E-state index in [-0.39, 0.29) is 10.8 Å². The first-order valence-corrected chi connectivity index (χ1v) is 19.7. The number of fused-ring (bicyclic) bond motifs is 9. The maximum absolute atomic E-state index is 5.38. The van der Waals surface area contributed by atoms with E-state index in [9.17, 15) is 0 Å². The molecule has 0 aliphatic heterocycles. The van der Waals surface area contributed by atoms with Gasteiger partial charge in [-0.2, -0.15) is 0 Å². The summed E-state index contributed by atoms with van der Waals surface area (Å²) in [5.74, 6) is 0.726. The van der Waals surface area contributed by atoms with Gasteiger partial charge in [-0.25, -0.2) is 9.97 Å². The Bertz CT molecular complexity index is 3080. The molecule has 0 unspecified atom stereocenters. The highest BCUT2D eigenvalue weighted by atomic mass is 14.9. The predicted octanol–water partition coefficient (Wildman–Crippen LogP) is 14.1. The molecule has 266 valence electrons. The number of hydrogen-bond donors (Lipinski definition) is 0. The monoisotopic (exact) mass is 716 g/mol. The number of aromatic nitrogens is 2. The van der Waals surface area contributed by atoms with Crippen molar-refractivity contribution in [3.8, 4) is 67.3 Å². The minimum absolute atomic E-state index is 0.0899. The van der Waals surface area contributed by atoms with Crippen LogP contribution in [0.2, 0.25) is 0 Å². The molecule has 1 heterocycles. The van der Waals surface area contributed by atoms with Crippen LogP contribution in [-0.4, -0.2) is 9.97 Å². The van der Waals surface area contributed by atoms with Crippen LogP contribution < -0.4 is 0 Å². The molecule has 11 rings (SSSR count). The molecular formula is C54H40N2. The third-order valence-electron chi connectivity index (χ3n) is 12.7. The molecule has 0 fully saturated rings. The Morgan fingerprint density at radius 1 is 0.339 bits per heavy atom. The molecule has 0 saturated carbocycles. The van der Waals surface area contributed by atoms with E-state index < -0.39 is 0 Å². The molecule has 0 amide bonds. The maximum Gasteiger partial charge on any atom is 0.161 e. The van der Waals surface area contributed by atoms with E-state index in [2.05, 4.69) is 198 Å². The maximum atomic E-state index is 5.38. The lowest BCUT2D eigenvalue weighted by molar-refractivity contribution is 0.660. The van der Waals surface area contributed by atoms with Gasteiger partial charge in [-0.3, -0.25) is 0 Å². The van der Waals surface area contributed by atoms with Crippen LogP contribution in [0.4, 0.5) is 0 Å². The van der Waals surface area contributed by atoms with Crippen molar-refractivity contribution < 1.29 is 0 Å². The van der Waals surface area contributed by atoms with E-state index in [1.165, 1.54) is 71.8 Å². The fourth-order valence-electron chi connectivity index (χ4n) is 9.87. The minimum Gasteiger partial charge on any atom is -0.228 e. The molecule has 9 aromatic rings. The standard InChI is InChI=1S/C54H40N2/c1-53(2)46-21-13-12-20-41(46)42-25-23-36(31-48(42)53)50-32-49(34-15-6-5-7-16-34)55-52(56-50)44-28-27-37(39-18-10-11-19-40(39)44)35-24-29-47-45(30-35)43-26-22-33-14-8-9-17-38(33)51(43)54(47,3)4/h5-32H,1-4H3. The van der Waals surface area contributed by atoms with E-state index in [0.29, 0.717) is 0 Å². The van der Waals surface area contributed by atoms with Crippen molar-refractivity contribution in [2.24, 2.45) is 0 Å². The Kier molecular flexibility index (Phi) is 6.98. The fourth-order valence-corrected chi connectivity index (χ4v) is 9.87. The number of rotatable bonds is 4. The summed E-state index contributed by atoms with van der Waals surface area (Å²) in [5, 5.41) is 4.96. The van der Waals surface area contributed by atoms with Crippen molar-refractivity contribution in [1.29, 1.82) is 0 Å². The lowest BCUT2D eigenvalue weighted by Gasteiger charge is -2.23. The normalized spacial score (nSPS) is 14.4. The third kappa shape index (κ3) is 4.75. The average Bonchev–Trinajstić information content (AvgIpc) is 3.62. The molecule has 1 aromatic heterocycles. The van der Waals surface area contributed by atoms with Crippen LogP contribution in [-0.2, 0) is 10.8 Å². The third-order valence-corrected chi connectivity index (χ3v) is 12.7. The molecule has 2 aliphatic carbocycles. The van der Waals surface area contributed by atoms with Gasteiger partial charge in [-0.1, -0.05) is 173 Å². The molecular weight excluding hydrogens is 677 g/mol. The van der Waals surface area contributed by atoms with Gasteiger partial charge < -0.3 is 0 Å². The second-order valence-corrected chi connectivity index (χ2v) is 16.6. The van der Waals surface area contributed by atoms with E-state index in [1.807, 2.05) is 0 Å². The number of nitrogens with zero attached hydrogens (tertiary/aromatic N) is 2. The van der Waals surface area contributed by atoms with Gasteiger partial charge in [-0.15, -0.1) is 0 Å². The van der Waals surface area contributed by atoms with E-state index in [4.69, 9.17) is 9.97 Å². The Balaban J connectivity index is 1.07. The minimum atomic E-state index is -0.102. The zero-order chi connectivity index (χ0) is 37.8. The Labute approximate surface area is 328 Å². The van der Waals surface area contributed by atoms with Gasteiger partial charge in [0.05, 0.1) is 11.4 Å². The lowest BCUT2D eigenvalue weighted by Crippen LogP contribution is -2.15. The second kappa shape index (κ2) is 11.9. The first-order chi connectivity index (χ1) is 27.3. The molecule has 0 radical (unpaired) electrons. The zero-order valence-corrected chi connectivity index (χ0v) is 32.1. The van der Waals surface area contributed by atoms with Gasteiger partial charge in [0.25, 0.3) is 0 Å². The second-order valence-electron chi connectivity index (χ2n) is 16.6. The average molecular weight is 717 g/mol. The van der Waals surface area contributed by atoms with Crippen molar-refractivity contribution in [2.45, 2.75) is 38.5 Å². The predicted molar refractivity (Wildman–Crippen MR) is 234 cm³/mol. The van der Waals surface area contributed by atoms with Crippen LogP contribution in [0.5, 0.6) is 0 Å². The highest BCUT2D eigenvalue weighted by molar-refractivity contribution is 6.05. The summed E-state index contributed by atoms with van der Waals surface area (Å²) < 4.78 is 0. The van der Waals surface area contributed by atoms with Gasteiger partial charge in [0.2, 0.25) is 0 Å². The van der Waals surface area contributed by atoms with Crippen LogP contribution in [0.15, 0.2) is 170 Å². The van der Waals surface area contributed by atoms with Gasteiger partial charge in [0.1, 0.15) is 0 Å². The van der Waals surface area contributed by atoms with Crippen molar-refractivity contribution in [3.63, 3.8) is 0 Å². The number of hydrogen-bond acceptors (Lipinski definition) is 2. The summed E-state index contributed by atoms with van der Waals surface area (Å²) in [7, 11) is 0. The highest BCUT2D eigenvalue weighted by Gasteiger charge is 2.37. The van der Waals surface area contributed by atoms with E-state index in [1.54, 1.807) is 0 Å². The molecule has 2 heteroatoms. The highest BCUT2D eigenvalue weighted by Crippen LogP contribution is 2.53. The van der Waals surface area contributed by atoms with Crippen LogP contribution in [0.3, 0.4) is 0 Å². The van der Waals surface area contributed by atoms with E-state index >= 15 is 0 Å². The molecule has 0 N–H and O–H groups in total. The summed E-state index contributed by atoms with van der Waals surface area (Å²) in [5.41, 5.74) is 18.1. The van der Waals surface area contributed by atoms with Gasteiger partial charge >= 0.3 is 0 Å². The molecule has 0 bridgehead atoms. The molecule has 0 saturated heterocycles. The van der Waals surface area contributed by atoms with Gasteiger partial charge in [0.15, 0.2) is 5.82 Å². The van der Waals surface area contributed by atoms with Crippen LogP contribution in [0.1, 0.15) is 49.9 Å². The zero-order valence-electron chi connectivity index (χ0n) is 32.1. The van der Waals surface area contributed by atoms with Gasteiger partial charge in [0, 0.05) is 27.5 Å². The molecule has 8 aromatic carbocycles. The van der Waals surface area contributed by atoms with Crippen LogP contribution in [0, 0.1) is 0 Å². The SMILES string of the molecule is CC1(C)c2ccccc2-c2ccc(-c3cc(-c4ccccc4)nc(-c4ccc(-c5ccc6c(c5)-c5ccc7ccccc7c5C6(C)C)c5ccccc45)n3)cc21. The van der Waals surface area contributed by atoms with Gasteiger partial charge in [-0.05, 0) is 101 Å². The lowest BCUT2D eigenvalue weighted by atomic mass is 9.80. The summed E-state index contributed by atoms with van der Waals surface area (Å²) in [4.78, 5) is 10.7. The first kappa shape index (κ1) is 32.8. The summed E-state index contributed by atoms with van der Waals surface area (Å²) in [6.45, 7) is 9.40. The summed E-state index contributed by atoms with van der Waals surface area (Å²) in [6.07, 6.45) is 0. The number of benzene rings is 8. The Morgan fingerprint density at radius 2 is 0.929 bits per heavy atom. The molecule has 0 atom stereocenters. The van der Waals surface area contributed by atoms with Crippen LogP contribution >= 0.6 is 0 Å². The Hall–Kier alpha value is -6.64. The summed E-state index contributed by atoms with van der Waals surface area (Å²) >= 11 is 0. The first-order valence-electron chi connectivity index (χ1n) is 19.7. The van der Waals surface area contributed by atoms with Crippen molar-refractivity contribution in [1.82, 2.24) is 9.97 Å². The smallest absolute Gasteiger partial charge is 0.161 e. The Morgan fingerprint density at radius 3 is 1.75 bits per heavy atom.